The third-order valence-corrected chi connectivity index (χ3v) is 15.0. The van der Waals surface area contributed by atoms with Crippen molar-refractivity contribution in [3.05, 3.63) is 11.6 Å². The fourth-order valence-electron chi connectivity index (χ4n) is 10.5. The smallest absolute Gasteiger partial charge is 0.427 e. The highest BCUT2D eigenvalue weighted by atomic mass is 32.2. The first-order valence-corrected chi connectivity index (χ1v) is 22.1. The highest BCUT2D eigenvalue weighted by Gasteiger charge is 2.81. The molecule has 0 radical (unpaired) electrons. The van der Waals surface area contributed by atoms with Gasteiger partial charge < -0.3 is 28.5 Å². The Morgan fingerprint density at radius 1 is 0.917 bits per heavy atom. The quantitative estimate of drug-likeness (QED) is 0.0309. The van der Waals surface area contributed by atoms with Gasteiger partial charge in [0.2, 0.25) is 6.79 Å². The highest BCUT2D eigenvalue weighted by Crippen LogP contribution is 2.80. The van der Waals surface area contributed by atoms with Gasteiger partial charge in [0.1, 0.15) is 30.5 Å². The number of carbonyl (C=O) groups excluding carboxylic acids is 3. The Morgan fingerprint density at radius 2 is 1.52 bits per heavy atom. The Bertz CT molecular complexity index is 1970. The average molecular weight is 909 g/mol. The lowest BCUT2D eigenvalue weighted by Gasteiger charge is -2.51. The second kappa shape index (κ2) is 16.4. The van der Waals surface area contributed by atoms with Crippen LogP contribution in [-0.4, -0.2) is 96.8 Å². The summed E-state index contributed by atoms with van der Waals surface area (Å²) in [4.78, 5) is 41.5. The van der Waals surface area contributed by atoms with Gasteiger partial charge in [-0.25, -0.2) is 0 Å². The predicted molar refractivity (Wildman–Crippen MR) is 194 cm³/mol. The monoisotopic (exact) mass is 908 g/mol. The molecule has 0 aromatic rings. The number of terminal acetylenes is 1. The van der Waals surface area contributed by atoms with Gasteiger partial charge in [-0.15, -0.1) is 6.42 Å². The number of fused-ring (bicyclic) bond motifs is 1. The summed E-state index contributed by atoms with van der Waals surface area (Å²) in [6.45, 7) is 8.93. The normalized spacial score (nSPS) is 36.9. The number of aldehydes is 1. The van der Waals surface area contributed by atoms with Crippen molar-refractivity contribution in [2.24, 2.45) is 51.2 Å². The summed E-state index contributed by atoms with van der Waals surface area (Å²) in [6, 6.07) is 0. The molecule has 4 bridgehead atoms. The van der Waals surface area contributed by atoms with E-state index in [1.54, 1.807) is 40.7 Å². The van der Waals surface area contributed by atoms with Gasteiger partial charge in [-0.3, -0.25) is 18.0 Å². The van der Waals surface area contributed by atoms with E-state index in [1.807, 2.05) is 12.8 Å². The van der Waals surface area contributed by atoms with Crippen LogP contribution in [0.2, 0.25) is 0 Å². The molecule has 14 nitrogen and oxygen atoms in total. The van der Waals surface area contributed by atoms with Gasteiger partial charge in [0.05, 0.1) is 18.1 Å². The van der Waals surface area contributed by atoms with Crippen molar-refractivity contribution in [3.8, 4) is 12.3 Å². The van der Waals surface area contributed by atoms with Crippen LogP contribution in [0.5, 0.6) is 0 Å². The molecule has 0 aromatic carbocycles. The van der Waals surface area contributed by atoms with E-state index >= 15 is 4.79 Å². The molecule has 0 spiro atoms. The van der Waals surface area contributed by atoms with Gasteiger partial charge in [-0.1, -0.05) is 44.8 Å². The van der Waals surface area contributed by atoms with Crippen molar-refractivity contribution in [3.63, 3.8) is 0 Å². The van der Waals surface area contributed by atoms with Crippen molar-refractivity contribution >= 4 is 38.5 Å². The molecule has 60 heavy (non-hydrogen) atoms. The lowest BCUT2D eigenvalue weighted by Crippen LogP contribution is -2.63. The van der Waals surface area contributed by atoms with Crippen molar-refractivity contribution in [1.82, 2.24) is 0 Å². The molecule has 1 saturated heterocycles. The molecule has 1 aliphatic heterocycles. The van der Waals surface area contributed by atoms with Gasteiger partial charge >= 0.3 is 43.2 Å². The first-order valence-electron chi connectivity index (χ1n) is 19.3. The molecule has 0 aromatic heterocycles. The van der Waals surface area contributed by atoms with Gasteiger partial charge in [0.15, 0.2) is 12.4 Å². The molecule has 4 aliphatic carbocycles. The third kappa shape index (κ3) is 8.02. The molecule has 0 unspecified atom stereocenters. The predicted octanol–water partition coefficient (Wildman–Crippen LogP) is 5.56. The first kappa shape index (κ1) is 48.2. The number of carbonyl (C=O) groups is 3. The van der Waals surface area contributed by atoms with Crippen molar-refractivity contribution in [2.45, 2.75) is 122 Å². The van der Waals surface area contributed by atoms with Crippen LogP contribution in [0.15, 0.2) is 11.6 Å². The molecule has 4 fully saturated rings. The fraction of sp³-hybridized carbons (Fsp3) is 0.816. The van der Waals surface area contributed by atoms with E-state index < -0.39 is 127 Å². The Morgan fingerprint density at radius 3 is 2.05 bits per heavy atom. The summed E-state index contributed by atoms with van der Waals surface area (Å²) in [5.41, 5.74) is -17.8. The van der Waals surface area contributed by atoms with Gasteiger partial charge in [0.25, 0.3) is 0 Å². The summed E-state index contributed by atoms with van der Waals surface area (Å²) in [7, 11) is -13.5. The largest absolute Gasteiger partial charge is 0.523 e. The molecule has 340 valence electrons. The minimum atomic E-state index is -6.78. The van der Waals surface area contributed by atoms with E-state index in [0.29, 0.717) is 18.3 Å². The van der Waals surface area contributed by atoms with E-state index in [0.717, 1.165) is 13.3 Å². The molecular weight excluding hydrogens is 859 g/mol. The number of hydrogen-bond donors (Lipinski definition) is 0. The molecule has 3 saturated carbocycles. The number of allylic oxidation sites excluding steroid dienone is 1. The van der Waals surface area contributed by atoms with E-state index in [2.05, 4.69) is 8.37 Å². The number of halogens is 6. The van der Waals surface area contributed by atoms with Crippen LogP contribution in [0.3, 0.4) is 0 Å². The zero-order chi connectivity index (χ0) is 45.2. The van der Waals surface area contributed by atoms with Crippen LogP contribution in [0, 0.1) is 63.6 Å². The van der Waals surface area contributed by atoms with Gasteiger partial charge in [-0.2, -0.15) is 43.2 Å². The molecule has 0 N–H and O–H groups in total. The second-order valence-corrected chi connectivity index (χ2v) is 20.9. The van der Waals surface area contributed by atoms with E-state index in [1.165, 1.54) is 0 Å². The molecule has 0 amide bonds. The molecule has 1 heterocycles. The Kier molecular flexibility index (Phi) is 13.2. The standard InChI is InChI=1S/C38H50F6O14S2/c1-9-12-52-27-22(5)56-30(29(58-60(50,51)38(42,43)44)28(27)57-59(48,49)37(39,40)41)53-18-35-16-25-21(4)10-11-23(25)14-34(17-45)15-24(35)13-26(20(2)3)36(34,35)32(47)55-19-54-31(46)33(6,7)8/h1,13,17,20-25,27-30H,10-12,14-16,18-19H2,2-8H3/t21-,22-,23+,24+,25-,27-,28+,29+,30-,34+,35+,36+/m1/s1. The van der Waals surface area contributed by atoms with Crippen LogP contribution < -0.4 is 0 Å². The van der Waals surface area contributed by atoms with Crippen LogP contribution in [-0.2, 0) is 66.7 Å². The van der Waals surface area contributed by atoms with Crippen LogP contribution in [0.1, 0.15) is 80.6 Å². The maximum absolute atomic E-state index is 15.1. The SMILES string of the molecule is C#CCO[C@H]1[C@H](OS(=O)(=O)C(F)(F)F)[C@H](OS(=O)(=O)C(F)(F)F)[C@H](OC[C@@]23C[C@H]4[C@@H](CC[C@H]4C)C[C@@]4(C=O)C[C@@H]2C=C(C(C)C)[C@]43C(=O)OCOC(=O)C(C)(C)C)O[C@@H]1C. The second-order valence-electron chi connectivity index (χ2n) is 17.8. The minimum absolute atomic E-state index is 0.0241. The zero-order valence-electron chi connectivity index (χ0n) is 34.0. The van der Waals surface area contributed by atoms with Crippen molar-refractivity contribution in [1.29, 1.82) is 0 Å². The Labute approximate surface area is 344 Å². The maximum atomic E-state index is 15.1. The lowest BCUT2D eigenvalue weighted by molar-refractivity contribution is -0.298. The third-order valence-electron chi connectivity index (χ3n) is 12.9. The minimum Gasteiger partial charge on any atom is -0.427 e. The summed E-state index contributed by atoms with van der Waals surface area (Å²) in [5, 5.41) is 0. The maximum Gasteiger partial charge on any atom is 0.523 e. The molecule has 22 heteroatoms. The number of alkyl halides is 6. The van der Waals surface area contributed by atoms with Crippen LogP contribution >= 0.6 is 0 Å². The summed E-state index contributed by atoms with van der Waals surface area (Å²) < 4.78 is 170. The number of rotatable bonds is 14. The van der Waals surface area contributed by atoms with Gasteiger partial charge in [0, 0.05) is 10.8 Å². The number of esters is 2. The zero-order valence-corrected chi connectivity index (χ0v) is 35.6. The molecule has 5 aliphatic rings. The summed E-state index contributed by atoms with van der Waals surface area (Å²) >= 11 is 0. The molecular formula is C38H50F6O14S2. The lowest BCUT2D eigenvalue weighted by atomic mass is 9.52. The van der Waals surface area contributed by atoms with E-state index in [4.69, 9.17) is 30.1 Å². The summed E-state index contributed by atoms with van der Waals surface area (Å²) in [6.07, 6.45) is -2.44. The van der Waals surface area contributed by atoms with E-state index in [9.17, 15) is 52.8 Å². The average Bonchev–Trinajstić information content (AvgIpc) is 3.64. The van der Waals surface area contributed by atoms with Crippen LogP contribution in [0.25, 0.3) is 0 Å². The topological polar surface area (TPSA) is 184 Å². The van der Waals surface area contributed by atoms with Crippen molar-refractivity contribution < 1.29 is 89.6 Å². The van der Waals surface area contributed by atoms with Crippen LogP contribution in [0.4, 0.5) is 26.3 Å². The van der Waals surface area contributed by atoms with E-state index in [-0.39, 0.29) is 37.0 Å². The van der Waals surface area contributed by atoms with Gasteiger partial charge in [-0.05, 0) is 83.0 Å². The Hall–Kier alpha value is -2.81. The van der Waals surface area contributed by atoms with Crippen molar-refractivity contribution in [2.75, 3.05) is 20.0 Å². The summed E-state index contributed by atoms with van der Waals surface area (Å²) in [5.74, 6) is -1.14. The Balaban J connectivity index is 1.67. The highest BCUT2D eigenvalue weighted by molar-refractivity contribution is 7.88. The fourth-order valence-corrected chi connectivity index (χ4v) is 11.7. The number of ether oxygens (including phenoxy) is 5. The first-order chi connectivity index (χ1) is 27.5. The molecule has 12 atom stereocenters. The number of hydrogen-bond acceptors (Lipinski definition) is 14. The molecule has 5 rings (SSSR count).